The van der Waals surface area contributed by atoms with E-state index in [9.17, 15) is 4.79 Å². The number of likely N-dealkylation sites (tertiary alicyclic amines) is 1. The Morgan fingerprint density at radius 1 is 1.38 bits per heavy atom. The van der Waals surface area contributed by atoms with Crippen molar-refractivity contribution in [3.8, 4) is 5.75 Å². The second-order valence-corrected chi connectivity index (χ2v) is 7.86. The van der Waals surface area contributed by atoms with Crippen LogP contribution in [0.2, 0.25) is 0 Å². The summed E-state index contributed by atoms with van der Waals surface area (Å²) < 4.78 is 11.8. The van der Waals surface area contributed by atoms with Gasteiger partial charge in [0.25, 0.3) is 0 Å². The lowest BCUT2D eigenvalue weighted by Crippen LogP contribution is -2.63. The van der Waals surface area contributed by atoms with Crippen LogP contribution in [0.1, 0.15) is 30.1 Å². The predicted molar refractivity (Wildman–Crippen MR) is 86.8 cm³/mol. The normalized spacial score (nSPS) is 28.8. The SMILES string of the molecule is CN1CC2(CC(Oc3ccnc4c3C3COCC(=O)N3CC4)C2)C1. The second-order valence-electron chi connectivity index (χ2n) is 7.86. The van der Waals surface area contributed by atoms with Crippen molar-refractivity contribution in [3.63, 3.8) is 0 Å². The maximum atomic E-state index is 12.1. The van der Waals surface area contributed by atoms with E-state index in [1.807, 2.05) is 17.2 Å². The number of hydrogen-bond acceptors (Lipinski definition) is 5. The first kappa shape index (κ1) is 14.7. The first-order valence-electron chi connectivity index (χ1n) is 8.84. The van der Waals surface area contributed by atoms with Crippen molar-refractivity contribution in [1.82, 2.24) is 14.8 Å². The topological polar surface area (TPSA) is 54.9 Å². The van der Waals surface area contributed by atoms with Gasteiger partial charge in [-0.2, -0.15) is 0 Å². The van der Waals surface area contributed by atoms with Crippen LogP contribution in [0.4, 0.5) is 0 Å². The number of carbonyl (C=O) groups is 1. The fourth-order valence-corrected chi connectivity index (χ4v) is 5.03. The molecule has 6 nitrogen and oxygen atoms in total. The van der Waals surface area contributed by atoms with Crippen molar-refractivity contribution in [2.24, 2.45) is 5.41 Å². The van der Waals surface area contributed by atoms with Crippen LogP contribution in [0.3, 0.4) is 0 Å². The summed E-state index contributed by atoms with van der Waals surface area (Å²) in [6, 6.07) is 1.92. The lowest BCUT2D eigenvalue weighted by molar-refractivity contribution is -0.149. The second kappa shape index (κ2) is 5.17. The van der Waals surface area contributed by atoms with E-state index in [4.69, 9.17) is 9.47 Å². The van der Waals surface area contributed by atoms with Crippen molar-refractivity contribution >= 4 is 5.91 Å². The maximum absolute atomic E-state index is 12.1. The number of hydrogen-bond donors (Lipinski definition) is 0. The Morgan fingerprint density at radius 3 is 3.00 bits per heavy atom. The maximum Gasteiger partial charge on any atom is 0.249 e. The quantitative estimate of drug-likeness (QED) is 0.811. The Balaban J connectivity index is 1.37. The van der Waals surface area contributed by atoms with Crippen LogP contribution in [0.15, 0.2) is 12.3 Å². The first-order valence-corrected chi connectivity index (χ1v) is 8.84. The first-order chi connectivity index (χ1) is 11.6. The lowest BCUT2D eigenvalue weighted by Gasteiger charge is -2.57. The summed E-state index contributed by atoms with van der Waals surface area (Å²) in [6.07, 6.45) is 5.20. The lowest BCUT2D eigenvalue weighted by atomic mass is 9.62. The summed E-state index contributed by atoms with van der Waals surface area (Å²) in [5, 5.41) is 0. The van der Waals surface area contributed by atoms with E-state index in [1.165, 1.54) is 13.1 Å². The zero-order valence-corrected chi connectivity index (χ0v) is 14.0. The Morgan fingerprint density at radius 2 is 2.21 bits per heavy atom. The molecule has 0 N–H and O–H groups in total. The molecule has 6 heteroatoms. The molecule has 1 aliphatic carbocycles. The molecule has 3 aliphatic heterocycles. The summed E-state index contributed by atoms with van der Waals surface area (Å²) >= 11 is 0. The molecule has 0 aromatic carbocycles. The van der Waals surface area contributed by atoms with Gasteiger partial charge in [0.15, 0.2) is 0 Å². The van der Waals surface area contributed by atoms with Gasteiger partial charge in [0, 0.05) is 43.2 Å². The molecule has 5 rings (SSSR count). The molecule has 1 amide bonds. The monoisotopic (exact) mass is 329 g/mol. The highest BCUT2D eigenvalue weighted by molar-refractivity contribution is 5.79. The molecular formula is C18H23N3O3. The summed E-state index contributed by atoms with van der Waals surface area (Å²) in [5.74, 6) is 0.979. The number of morpholine rings is 1. The molecule has 0 bridgehead atoms. The smallest absolute Gasteiger partial charge is 0.249 e. The molecule has 1 saturated carbocycles. The van der Waals surface area contributed by atoms with Gasteiger partial charge in [0.2, 0.25) is 5.91 Å². The highest BCUT2D eigenvalue weighted by atomic mass is 16.5. The van der Waals surface area contributed by atoms with Gasteiger partial charge in [-0.05, 0) is 26.0 Å². The molecule has 1 unspecified atom stereocenters. The van der Waals surface area contributed by atoms with Gasteiger partial charge in [-0.15, -0.1) is 0 Å². The molecule has 1 aromatic rings. The minimum Gasteiger partial charge on any atom is -0.490 e. The average molecular weight is 329 g/mol. The molecule has 4 heterocycles. The van der Waals surface area contributed by atoms with Crippen LogP contribution in [-0.4, -0.2) is 66.7 Å². The third-order valence-electron chi connectivity index (χ3n) is 5.98. The Labute approximate surface area is 141 Å². The Bertz CT molecular complexity index is 678. The van der Waals surface area contributed by atoms with Gasteiger partial charge in [-0.1, -0.05) is 0 Å². The number of carbonyl (C=O) groups excluding carboxylic acids is 1. The molecule has 0 radical (unpaired) electrons. The van der Waals surface area contributed by atoms with E-state index in [1.54, 1.807) is 0 Å². The van der Waals surface area contributed by atoms with Crippen LogP contribution in [0, 0.1) is 5.41 Å². The molecule has 24 heavy (non-hydrogen) atoms. The number of rotatable bonds is 2. The minimum atomic E-state index is -0.0393. The molecular weight excluding hydrogens is 306 g/mol. The number of aromatic nitrogens is 1. The van der Waals surface area contributed by atoms with Gasteiger partial charge in [-0.3, -0.25) is 9.78 Å². The fraction of sp³-hybridized carbons (Fsp3) is 0.667. The van der Waals surface area contributed by atoms with Gasteiger partial charge in [0.05, 0.1) is 24.4 Å². The van der Waals surface area contributed by atoms with Crippen LogP contribution >= 0.6 is 0 Å². The third-order valence-corrected chi connectivity index (χ3v) is 5.98. The number of amides is 1. The number of nitrogens with zero attached hydrogens (tertiary/aromatic N) is 3. The Kier molecular flexibility index (Phi) is 3.16. The van der Waals surface area contributed by atoms with Gasteiger partial charge in [0.1, 0.15) is 12.4 Å². The van der Waals surface area contributed by atoms with E-state index in [0.717, 1.165) is 42.8 Å². The molecule has 4 aliphatic rings. The van der Waals surface area contributed by atoms with Crippen LogP contribution in [0.5, 0.6) is 5.75 Å². The van der Waals surface area contributed by atoms with E-state index in [-0.39, 0.29) is 18.6 Å². The standard InChI is InChI=1S/C18H23N3O3/c1-20-10-18(11-20)6-12(7-18)24-15-2-4-19-13-3-5-21-14(17(13)15)8-23-9-16(21)22/h2,4,12,14H,3,5-11H2,1H3. The van der Waals surface area contributed by atoms with Crippen molar-refractivity contribution < 1.29 is 14.3 Å². The van der Waals surface area contributed by atoms with E-state index < -0.39 is 0 Å². The molecule has 128 valence electrons. The van der Waals surface area contributed by atoms with Gasteiger partial charge < -0.3 is 19.3 Å². The van der Waals surface area contributed by atoms with Crippen molar-refractivity contribution in [3.05, 3.63) is 23.5 Å². The molecule has 1 aromatic heterocycles. The van der Waals surface area contributed by atoms with E-state index in [2.05, 4.69) is 16.9 Å². The zero-order chi connectivity index (χ0) is 16.3. The third kappa shape index (κ3) is 2.16. The summed E-state index contributed by atoms with van der Waals surface area (Å²) in [6.45, 7) is 3.86. The largest absolute Gasteiger partial charge is 0.490 e. The average Bonchev–Trinajstić information content (AvgIpc) is 2.51. The van der Waals surface area contributed by atoms with Crippen molar-refractivity contribution in [1.29, 1.82) is 0 Å². The predicted octanol–water partition coefficient (Wildman–Crippen LogP) is 1.01. The summed E-state index contributed by atoms with van der Waals surface area (Å²) in [5.41, 5.74) is 2.63. The van der Waals surface area contributed by atoms with Crippen molar-refractivity contribution in [2.45, 2.75) is 31.4 Å². The minimum absolute atomic E-state index is 0.0393. The highest BCUT2D eigenvalue weighted by Crippen LogP contribution is 2.50. The zero-order valence-electron chi connectivity index (χ0n) is 14.0. The van der Waals surface area contributed by atoms with E-state index in [0.29, 0.717) is 18.1 Å². The van der Waals surface area contributed by atoms with Crippen LogP contribution in [-0.2, 0) is 16.0 Å². The van der Waals surface area contributed by atoms with Gasteiger partial charge >= 0.3 is 0 Å². The van der Waals surface area contributed by atoms with E-state index >= 15 is 0 Å². The number of fused-ring (bicyclic) bond motifs is 3. The summed E-state index contributed by atoms with van der Waals surface area (Å²) in [4.78, 5) is 21.0. The molecule has 2 saturated heterocycles. The van der Waals surface area contributed by atoms with Crippen LogP contribution < -0.4 is 4.74 Å². The van der Waals surface area contributed by atoms with Crippen LogP contribution in [0.25, 0.3) is 0 Å². The Hall–Kier alpha value is -1.66. The number of ether oxygens (including phenoxy) is 2. The van der Waals surface area contributed by atoms with Crippen molar-refractivity contribution in [2.75, 3.05) is 39.9 Å². The molecule has 1 atom stereocenters. The molecule has 3 fully saturated rings. The highest BCUT2D eigenvalue weighted by Gasteiger charge is 2.52. The fourth-order valence-electron chi connectivity index (χ4n) is 5.03. The number of pyridine rings is 1. The van der Waals surface area contributed by atoms with Gasteiger partial charge in [-0.25, -0.2) is 0 Å². The molecule has 1 spiro atoms. The summed E-state index contributed by atoms with van der Waals surface area (Å²) in [7, 11) is 2.17.